The summed E-state index contributed by atoms with van der Waals surface area (Å²) in [7, 11) is 0. The first-order valence-electron chi connectivity index (χ1n) is 4.31. The molecule has 0 aliphatic heterocycles. The summed E-state index contributed by atoms with van der Waals surface area (Å²) in [6.45, 7) is 0.630. The van der Waals surface area contributed by atoms with Crippen LogP contribution in [0.2, 0.25) is 0 Å². The summed E-state index contributed by atoms with van der Waals surface area (Å²) in [6, 6.07) is 7.94. The predicted molar refractivity (Wildman–Crippen MR) is 52.3 cm³/mol. The van der Waals surface area contributed by atoms with E-state index in [9.17, 15) is 0 Å². The average Bonchev–Trinajstić information content (AvgIpc) is 2.18. The third-order valence-electron chi connectivity index (χ3n) is 1.92. The molecule has 0 aliphatic carbocycles. The Bertz CT molecular complexity index is 412. The molecule has 2 N–H and O–H groups in total. The molecule has 0 bridgehead atoms. The molecule has 2 aromatic heterocycles. The Kier molecular flexibility index (Phi) is 2.19. The Morgan fingerprint density at radius 1 is 1.23 bits per heavy atom. The molecule has 3 nitrogen and oxygen atoms in total. The van der Waals surface area contributed by atoms with Gasteiger partial charge in [-0.3, -0.25) is 0 Å². The molecule has 0 fully saturated rings. The highest BCUT2D eigenvalue weighted by molar-refractivity contribution is 5.74. The molecule has 3 heteroatoms. The smallest absolute Gasteiger partial charge is 0.159 e. The maximum atomic E-state index is 5.44. The lowest BCUT2D eigenvalue weighted by Crippen LogP contribution is -2.04. The van der Waals surface area contributed by atoms with E-state index in [1.54, 1.807) is 6.20 Å². The lowest BCUT2D eigenvalue weighted by Gasteiger charge is -1.99. The number of nitrogens with zero attached hydrogens (tertiary/aromatic N) is 2. The van der Waals surface area contributed by atoms with Gasteiger partial charge in [0.2, 0.25) is 0 Å². The third-order valence-corrected chi connectivity index (χ3v) is 1.92. The Morgan fingerprint density at radius 3 is 3.00 bits per heavy atom. The minimum Gasteiger partial charge on any atom is -0.330 e. The van der Waals surface area contributed by atoms with E-state index in [2.05, 4.69) is 9.97 Å². The van der Waals surface area contributed by atoms with Gasteiger partial charge in [-0.2, -0.15) is 0 Å². The van der Waals surface area contributed by atoms with Crippen LogP contribution in [0.3, 0.4) is 0 Å². The second-order valence-electron chi connectivity index (χ2n) is 2.89. The highest BCUT2D eigenvalue weighted by Crippen LogP contribution is 2.08. The summed E-state index contributed by atoms with van der Waals surface area (Å²) in [5.41, 5.74) is 7.25. The molecule has 2 heterocycles. The van der Waals surface area contributed by atoms with Crippen molar-refractivity contribution in [1.82, 2.24) is 9.97 Å². The van der Waals surface area contributed by atoms with Gasteiger partial charge in [-0.1, -0.05) is 0 Å². The van der Waals surface area contributed by atoms with Gasteiger partial charge in [-0.25, -0.2) is 9.97 Å². The highest BCUT2D eigenvalue weighted by Gasteiger charge is 1.96. The molecule has 0 atom stereocenters. The van der Waals surface area contributed by atoms with Gasteiger partial charge in [0.1, 0.15) is 0 Å². The second-order valence-corrected chi connectivity index (χ2v) is 2.89. The molecule has 66 valence electrons. The van der Waals surface area contributed by atoms with Crippen molar-refractivity contribution >= 4 is 11.0 Å². The molecular weight excluding hydrogens is 162 g/mol. The SMILES string of the molecule is NCCc1ccc2cccnc2n1. The fourth-order valence-electron chi connectivity index (χ4n) is 1.28. The molecule has 0 saturated carbocycles. The summed E-state index contributed by atoms with van der Waals surface area (Å²) in [5.74, 6) is 0. The molecule has 0 aromatic carbocycles. The molecule has 0 amide bonds. The van der Waals surface area contributed by atoms with Crippen LogP contribution in [-0.2, 0) is 6.42 Å². The number of aromatic nitrogens is 2. The van der Waals surface area contributed by atoms with E-state index in [1.165, 1.54) is 0 Å². The van der Waals surface area contributed by atoms with Gasteiger partial charge in [-0.05, 0) is 30.8 Å². The molecule has 2 aromatic rings. The molecular formula is C10H11N3. The van der Waals surface area contributed by atoms with Crippen molar-refractivity contribution in [3.05, 3.63) is 36.2 Å². The summed E-state index contributed by atoms with van der Waals surface area (Å²) in [6.07, 6.45) is 2.56. The van der Waals surface area contributed by atoms with Crippen molar-refractivity contribution in [3.63, 3.8) is 0 Å². The summed E-state index contributed by atoms with van der Waals surface area (Å²) in [4.78, 5) is 8.55. The monoisotopic (exact) mass is 173 g/mol. The van der Waals surface area contributed by atoms with Gasteiger partial charge >= 0.3 is 0 Å². The Labute approximate surface area is 76.6 Å². The van der Waals surface area contributed by atoms with Crippen molar-refractivity contribution in [2.24, 2.45) is 5.73 Å². The van der Waals surface area contributed by atoms with Crippen LogP contribution in [0, 0.1) is 0 Å². The molecule has 0 radical (unpaired) electrons. The van der Waals surface area contributed by atoms with Crippen LogP contribution in [0.4, 0.5) is 0 Å². The minimum absolute atomic E-state index is 0.630. The number of pyridine rings is 2. The zero-order valence-corrected chi connectivity index (χ0v) is 7.27. The largest absolute Gasteiger partial charge is 0.330 e. The molecule has 0 unspecified atom stereocenters. The van der Waals surface area contributed by atoms with Gasteiger partial charge in [0.15, 0.2) is 5.65 Å². The van der Waals surface area contributed by atoms with Gasteiger partial charge in [0.25, 0.3) is 0 Å². The van der Waals surface area contributed by atoms with Gasteiger partial charge < -0.3 is 5.73 Å². The number of hydrogen-bond donors (Lipinski definition) is 1. The van der Waals surface area contributed by atoms with Crippen LogP contribution in [0.5, 0.6) is 0 Å². The molecule has 0 spiro atoms. The standard InChI is InChI=1S/C10H11N3/c11-6-5-9-4-3-8-2-1-7-12-10(8)13-9/h1-4,7H,5-6,11H2. The normalized spacial score (nSPS) is 10.5. The van der Waals surface area contributed by atoms with E-state index in [4.69, 9.17) is 5.73 Å². The zero-order valence-electron chi connectivity index (χ0n) is 7.27. The first-order valence-corrected chi connectivity index (χ1v) is 4.31. The quantitative estimate of drug-likeness (QED) is 0.740. The van der Waals surface area contributed by atoms with Crippen LogP contribution < -0.4 is 5.73 Å². The van der Waals surface area contributed by atoms with E-state index in [-0.39, 0.29) is 0 Å². The van der Waals surface area contributed by atoms with Crippen LogP contribution in [-0.4, -0.2) is 16.5 Å². The maximum Gasteiger partial charge on any atom is 0.159 e. The fraction of sp³-hybridized carbons (Fsp3) is 0.200. The summed E-state index contributed by atoms with van der Waals surface area (Å²) >= 11 is 0. The lowest BCUT2D eigenvalue weighted by molar-refractivity contribution is 0.929. The van der Waals surface area contributed by atoms with Crippen LogP contribution in [0.25, 0.3) is 11.0 Å². The van der Waals surface area contributed by atoms with E-state index >= 15 is 0 Å². The van der Waals surface area contributed by atoms with Gasteiger partial charge in [0.05, 0.1) is 0 Å². The summed E-state index contributed by atoms with van der Waals surface area (Å²) < 4.78 is 0. The van der Waals surface area contributed by atoms with E-state index in [0.29, 0.717) is 6.54 Å². The highest BCUT2D eigenvalue weighted by atomic mass is 14.8. The first-order chi connectivity index (χ1) is 6.40. The molecule has 0 aliphatic rings. The third kappa shape index (κ3) is 1.65. The van der Waals surface area contributed by atoms with Gasteiger partial charge in [0, 0.05) is 23.7 Å². The molecule has 13 heavy (non-hydrogen) atoms. The Balaban J connectivity index is 2.49. The zero-order chi connectivity index (χ0) is 9.10. The van der Waals surface area contributed by atoms with Crippen molar-refractivity contribution in [2.75, 3.05) is 6.54 Å². The fourth-order valence-corrected chi connectivity index (χ4v) is 1.28. The van der Waals surface area contributed by atoms with Crippen LogP contribution in [0.15, 0.2) is 30.5 Å². The predicted octanol–water partition coefficient (Wildman–Crippen LogP) is 1.13. The van der Waals surface area contributed by atoms with Crippen molar-refractivity contribution in [3.8, 4) is 0 Å². The van der Waals surface area contributed by atoms with Crippen molar-refractivity contribution in [1.29, 1.82) is 0 Å². The van der Waals surface area contributed by atoms with Crippen molar-refractivity contribution in [2.45, 2.75) is 6.42 Å². The molecule has 0 saturated heterocycles. The summed E-state index contributed by atoms with van der Waals surface area (Å²) in [5, 5.41) is 1.07. The Morgan fingerprint density at radius 2 is 2.15 bits per heavy atom. The second kappa shape index (κ2) is 3.49. The maximum absolute atomic E-state index is 5.44. The van der Waals surface area contributed by atoms with Crippen LogP contribution in [0.1, 0.15) is 5.69 Å². The minimum atomic E-state index is 0.630. The van der Waals surface area contributed by atoms with Gasteiger partial charge in [-0.15, -0.1) is 0 Å². The topological polar surface area (TPSA) is 51.8 Å². The van der Waals surface area contributed by atoms with Crippen LogP contribution >= 0.6 is 0 Å². The van der Waals surface area contributed by atoms with E-state index in [1.807, 2.05) is 24.3 Å². The number of rotatable bonds is 2. The number of fused-ring (bicyclic) bond motifs is 1. The Hall–Kier alpha value is -1.48. The first kappa shape index (κ1) is 8.13. The lowest BCUT2D eigenvalue weighted by atomic mass is 10.2. The number of hydrogen-bond acceptors (Lipinski definition) is 3. The number of nitrogens with two attached hydrogens (primary N) is 1. The van der Waals surface area contributed by atoms with Crippen molar-refractivity contribution < 1.29 is 0 Å². The average molecular weight is 173 g/mol. The van der Waals surface area contributed by atoms with E-state index in [0.717, 1.165) is 23.1 Å². The van der Waals surface area contributed by atoms with E-state index < -0.39 is 0 Å². The molecule has 2 rings (SSSR count).